The molecule has 9 heteroatoms. The third-order valence-electron chi connectivity index (χ3n) is 5.63. The molecular weight excluding hydrogens is 442 g/mol. The van der Waals surface area contributed by atoms with Crippen molar-refractivity contribution in [3.63, 3.8) is 0 Å². The maximum Gasteiger partial charge on any atom is 0.408 e. The zero-order chi connectivity index (χ0) is 23.8. The normalized spacial score (nSPS) is 17.6. The molecular formula is C24H29N3O5S. The van der Waals surface area contributed by atoms with Gasteiger partial charge in [-0.2, -0.15) is 0 Å². The van der Waals surface area contributed by atoms with Gasteiger partial charge in [0.2, 0.25) is 5.78 Å². The van der Waals surface area contributed by atoms with E-state index >= 15 is 0 Å². The van der Waals surface area contributed by atoms with Gasteiger partial charge in [-0.1, -0.05) is 44.2 Å². The SMILES string of the molecule is CC(C)C(NC(=O)OCc1ccccc1)C(=O)CC1CCc2ncsc2CCNC(=O)C1=O. The second-order valence-electron chi connectivity index (χ2n) is 8.43. The van der Waals surface area contributed by atoms with Gasteiger partial charge in [-0.05, 0) is 24.3 Å². The number of hydrogen-bond acceptors (Lipinski definition) is 7. The molecule has 0 fully saturated rings. The minimum atomic E-state index is -0.825. The van der Waals surface area contributed by atoms with Crippen molar-refractivity contribution < 1.29 is 23.9 Å². The van der Waals surface area contributed by atoms with E-state index < -0.39 is 29.7 Å². The Morgan fingerprint density at radius 3 is 2.70 bits per heavy atom. The van der Waals surface area contributed by atoms with Crippen LogP contribution < -0.4 is 10.6 Å². The Kier molecular flexibility index (Phi) is 8.71. The molecule has 2 amide bonds. The van der Waals surface area contributed by atoms with Crippen molar-refractivity contribution >= 4 is 34.9 Å². The van der Waals surface area contributed by atoms with Crippen molar-refractivity contribution in [1.29, 1.82) is 0 Å². The first-order chi connectivity index (χ1) is 15.8. The number of ketones is 2. The van der Waals surface area contributed by atoms with Gasteiger partial charge in [-0.15, -0.1) is 11.3 Å². The summed E-state index contributed by atoms with van der Waals surface area (Å²) in [6.07, 6.45) is 0.667. The van der Waals surface area contributed by atoms with Crippen LogP contribution in [0.25, 0.3) is 0 Å². The van der Waals surface area contributed by atoms with Crippen LogP contribution in [-0.4, -0.2) is 41.1 Å². The number of rotatable bonds is 7. The number of nitrogens with one attached hydrogen (secondary N) is 2. The fourth-order valence-electron chi connectivity index (χ4n) is 3.78. The van der Waals surface area contributed by atoms with Gasteiger partial charge in [0.1, 0.15) is 6.61 Å². The fourth-order valence-corrected chi connectivity index (χ4v) is 4.60. The number of Topliss-reactive ketones (excluding diaryl/α,β-unsaturated/α-hetero) is 2. The van der Waals surface area contributed by atoms with E-state index in [0.717, 1.165) is 16.1 Å². The van der Waals surface area contributed by atoms with Crippen LogP contribution in [0.3, 0.4) is 0 Å². The average molecular weight is 472 g/mol. The topological polar surface area (TPSA) is 114 Å². The number of carbonyl (C=O) groups excluding carboxylic acids is 4. The van der Waals surface area contributed by atoms with Gasteiger partial charge >= 0.3 is 6.09 Å². The molecule has 2 atom stereocenters. The Morgan fingerprint density at radius 2 is 1.97 bits per heavy atom. The number of amides is 2. The molecule has 0 aliphatic carbocycles. The third kappa shape index (κ3) is 6.95. The lowest BCUT2D eigenvalue weighted by Crippen LogP contribution is -2.46. The summed E-state index contributed by atoms with van der Waals surface area (Å²) in [5.41, 5.74) is 3.50. The Balaban J connectivity index is 1.64. The van der Waals surface area contributed by atoms with Crippen molar-refractivity contribution in [2.45, 2.75) is 52.2 Å². The van der Waals surface area contributed by atoms with E-state index in [9.17, 15) is 19.2 Å². The zero-order valence-corrected chi connectivity index (χ0v) is 19.7. The number of aromatic nitrogens is 1. The minimum Gasteiger partial charge on any atom is -0.445 e. The van der Waals surface area contributed by atoms with Crippen LogP contribution in [-0.2, 0) is 38.6 Å². The minimum absolute atomic E-state index is 0.0862. The molecule has 176 valence electrons. The second kappa shape index (κ2) is 11.7. The van der Waals surface area contributed by atoms with Crippen LogP contribution in [0.15, 0.2) is 35.8 Å². The first-order valence-corrected chi connectivity index (χ1v) is 12.0. The summed E-state index contributed by atoms with van der Waals surface area (Å²) in [6.45, 7) is 4.06. The molecule has 2 unspecified atom stereocenters. The van der Waals surface area contributed by atoms with E-state index in [1.807, 2.05) is 44.2 Å². The number of benzene rings is 1. The zero-order valence-electron chi connectivity index (χ0n) is 18.8. The summed E-state index contributed by atoms with van der Waals surface area (Å²) in [5.74, 6) is -2.56. The molecule has 33 heavy (non-hydrogen) atoms. The van der Waals surface area contributed by atoms with Crippen LogP contribution in [0.5, 0.6) is 0 Å². The van der Waals surface area contributed by atoms with Gasteiger partial charge in [0.25, 0.3) is 5.91 Å². The Morgan fingerprint density at radius 1 is 1.21 bits per heavy atom. The lowest BCUT2D eigenvalue weighted by molar-refractivity contribution is -0.141. The van der Waals surface area contributed by atoms with Crippen LogP contribution in [0.2, 0.25) is 0 Å². The quantitative estimate of drug-likeness (QED) is 0.600. The van der Waals surface area contributed by atoms with E-state index in [4.69, 9.17) is 4.74 Å². The van der Waals surface area contributed by atoms with Gasteiger partial charge in [0, 0.05) is 30.2 Å². The summed E-state index contributed by atoms with van der Waals surface area (Å²) in [6, 6.07) is 8.40. The average Bonchev–Trinajstić information content (AvgIpc) is 3.25. The molecule has 1 aromatic carbocycles. The van der Waals surface area contributed by atoms with Crippen molar-refractivity contribution in [2.75, 3.05) is 6.54 Å². The molecule has 0 saturated carbocycles. The van der Waals surface area contributed by atoms with Crippen molar-refractivity contribution in [1.82, 2.24) is 15.6 Å². The van der Waals surface area contributed by atoms with E-state index in [2.05, 4.69) is 15.6 Å². The maximum absolute atomic E-state index is 13.1. The standard InChI is InChI=1S/C24H29N3O5S/c1-15(2)21(27-24(31)32-13-16-6-4-3-5-7-16)19(28)12-17-8-9-18-20(33-14-26-18)10-11-25-23(30)22(17)29/h3-7,14-15,17,21H,8-13H2,1-2H3,(H,25,30)(H,27,31). The van der Waals surface area contributed by atoms with Gasteiger partial charge < -0.3 is 15.4 Å². The predicted molar refractivity (Wildman–Crippen MR) is 124 cm³/mol. The third-order valence-corrected chi connectivity index (χ3v) is 6.57. The summed E-state index contributed by atoms with van der Waals surface area (Å²) < 4.78 is 5.24. The van der Waals surface area contributed by atoms with E-state index in [1.54, 1.807) is 5.51 Å². The highest BCUT2D eigenvalue weighted by Gasteiger charge is 2.33. The number of nitrogens with zero attached hydrogens (tertiary/aromatic N) is 1. The molecule has 1 aliphatic rings. The molecule has 2 aromatic rings. The highest BCUT2D eigenvalue weighted by Crippen LogP contribution is 2.22. The smallest absolute Gasteiger partial charge is 0.408 e. The lowest BCUT2D eigenvalue weighted by atomic mass is 9.86. The van der Waals surface area contributed by atoms with Gasteiger partial charge in [0.15, 0.2) is 5.78 Å². The van der Waals surface area contributed by atoms with Crippen LogP contribution in [0.1, 0.15) is 42.8 Å². The van der Waals surface area contributed by atoms with Crippen LogP contribution in [0.4, 0.5) is 4.79 Å². The number of ether oxygens (including phenoxy) is 1. The van der Waals surface area contributed by atoms with E-state index in [-0.39, 0.29) is 24.7 Å². The second-order valence-corrected chi connectivity index (χ2v) is 9.37. The van der Waals surface area contributed by atoms with Gasteiger partial charge in [0.05, 0.1) is 17.2 Å². The summed E-state index contributed by atoms with van der Waals surface area (Å²) in [4.78, 5) is 55.9. The predicted octanol–water partition coefficient (Wildman–Crippen LogP) is 2.84. The molecule has 2 N–H and O–H groups in total. The lowest BCUT2D eigenvalue weighted by Gasteiger charge is -2.23. The first kappa shape index (κ1) is 24.6. The number of hydrogen-bond donors (Lipinski definition) is 2. The van der Waals surface area contributed by atoms with Gasteiger partial charge in [-0.3, -0.25) is 14.4 Å². The molecule has 8 nitrogen and oxygen atoms in total. The van der Waals surface area contributed by atoms with Crippen molar-refractivity contribution in [2.24, 2.45) is 11.8 Å². The van der Waals surface area contributed by atoms with Gasteiger partial charge in [-0.25, -0.2) is 9.78 Å². The molecule has 3 rings (SSSR count). The Hall–Kier alpha value is -3.07. The highest BCUT2D eigenvalue weighted by molar-refractivity contribution is 7.09. The summed E-state index contributed by atoms with van der Waals surface area (Å²) in [5, 5.41) is 5.27. The van der Waals surface area contributed by atoms with E-state index in [0.29, 0.717) is 25.8 Å². The Bertz CT molecular complexity index is 989. The molecule has 0 saturated heterocycles. The number of alkyl carbamates (subject to hydrolysis) is 1. The van der Waals surface area contributed by atoms with Crippen LogP contribution >= 0.6 is 11.3 Å². The number of carbonyl (C=O) groups is 4. The number of fused-ring (bicyclic) bond motifs is 1. The summed E-state index contributed by atoms with van der Waals surface area (Å²) >= 11 is 1.52. The Labute approximate surface area is 197 Å². The molecule has 0 bridgehead atoms. The highest BCUT2D eigenvalue weighted by atomic mass is 32.1. The number of thiazole rings is 1. The molecule has 2 heterocycles. The largest absolute Gasteiger partial charge is 0.445 e. The number of aryl methyl sites for hydroxylation is 1. The molecule has 0 spiro atoms. The molecule has 1 aromatic heterocycles. The van der Waals surface area contributed by atoms with Crippen molar-refractivity contribution in [3.8, 4) is 0 Å². The van der Waals surface area contributed by atoms with Crippen LogP contribution in [0, 0.1) is 11.8 Å². The molecule has 1 aliphatic heterocycles. The monoisotopic (exact) mass is 471 g/mol. The first-order valence-electron chi connectivity index (χ1n) is 11.1. The summed E-state index contributed by atoms with van der Waals surface area (Å²) in [7, 11) is 0. The van der Waals surface area contributed by atoms with Crippen molar-refractivity contribution in [3.05, 3.63) is 52.0 Å². The van der Waals surface area contributed by atoms with E-state index in [1.165, 1.54) is 11.3 Å². The fraction of sp³-hybridized carbons (Fsp3) is 0.458. The maximum atomic E-state index is 13.1. The molecule has 0 radical (unpaired) electrons.